The van der Waals surface area contributed by atoms with E-state index in [9.17, 15) is 0 Å². The summed E-state index contributed by atoms with van der Waals surface area (Å²) in [5.41, 5.74) is 0.502. The van der Waals surface area contributed by atoms with Crippen molar-refractivity contribution in [3.63, 3.8) is 0 Å². The van der Waals surface area contributed by atoms with Gasteiger partial charge in [-0.1, -0.05) is 11.6 Å². The zero-order valence-corrected chi connectivity index (χ0v) is 10.4. The Morgan fingerprint density at radius 2 is 1.72 bits per heavy atom. The van der Waals surface area contributed by atoms with Gasteiger partial charge in [0, 0.05) is 0 Å². The predicted octanol–water partition coefficient (Wildman–Crippen LogP) is 4.01. The van der Waals surface area contributed by atoms with Gasteiger partial charge in [-0.25, -0.2) is 0 Å². The van der Waals surface area contributed by atoms with Crippen molar-refractivity contribution in [3.05, 3.63) is 53.1 Å². The third-order valence-corrected chi connectivity index (χ3v) is 2.64. The molecule has 0 radical (unpaired) electrons. The zero-order chi connectivity index (χ0) is 13.0. The molecule has 18 heavy (non-hydrogen) atoms. The van der Waals surface area contributed by atoms with Crippen molar-refractivity contribution in [1.82, 2.24) is 0 Å². The number of hydrogen-bond donors (Lipinski definition) is 0. The molecule has 3 nitrogen and oxygen atoms in total. The first-order valence-corrected chi connectivity index (χ1v) is 5.62. The van der Waals surface area contributed by atoms with Gasteiger partial charge in [0.05, 0.1) is 23.8 Å². The number of hydrogen-bond acceptors (Lipinski definition) is 3. The Morgan fingerprint density at radius 3 is 2.28 bits per heavy atom. The van der Waals surface area contributed by atoms with E-state index in [4.69, 9.17) is 26.3 Å². The Bertz CT molecular complexity index is 588. The van der Waals surface area contributed by atoms with Crippen molar-refractivity contribution in [1.29, 1.82) is 5.26 Å². The summed E-state index contributed by atoms with van der Waals surface area (Å²) in [4.78, 5) is 0. The van der Waals surface area contributed by atoms with Gasteiger partial charge in [-0.2, -0.15) is 5.26 Å². The molecule has 0 atom stereocenters. The number of halogens is 1. The lowest BCUT2D eigenvalue weighted by Gasteiger charge is -2.08. The minimum absolute atomic E-state index is 0.407. The minimum atomic E-state index is 0.407. The number of methoxy groups -OCH3 is 1. The van der Waals surface area contributed by atoms with Crippen LogP contribution < -0.4 is 9.47 Å². The maximum atomic E-state index is 8.74. The maximum Gasteiger partial charge on any atom is 0.146 e. The largest absolute Gasteiger partial charge is 0.497 e. The van der Waals surface area contributed by atoms with Crippen LogP contribution in [0.2, 0.25) is 5.02 Å². The summed E-state index contributed by atoms with van der Waals surface area (Å²) in [6, 6.07) is 14.1. The fourth-order valence-electron chi connectivity index (χ4n) is 1.42. The highest BCUT2D eigenvalue weighted by molar-refractivity contribution is 6.32. The average molecular weight is 260 g/mol. The van der Waals surface area contributed by atoms with E-state index in [1.807, 2.05) is 6.07 Å². The number of rotatable bonds is 3. The summed E-state index contributed by atoms with van der Waals surface area (Å²) in [6.07, 6.45) is 0. The quantitative estimate of drug-likeness (QED) is 0.836. The Hall–Kier alpha value is -2.18. The first-order valence-electron chi connectivity index (χ1n) is 5.24. The van der Waals surface area contributed by atoms with Crippen LogP contribution in [0.3, 0.4) is 0 Å². The second kappa shape index (κ2) is 5.44. The van der Waals surface area contributed by atoms with Crippen LogP contribution in [0.1, 0.15) is 5.56 Å². The van der Waals surface area contributed by atoms with Crippen LogP contribution in [-0.2, 0) is 0 Å². The second-order valence-corrected chi connectivity index (χ2v) is 3.94. The standard InChI is InChI=1S/C14H10ClNO2/c1-17-11-3-5-12(6-4-11)18-14-7-2-10(9-16)8-13(14)15/h2-8H,1H3. The van der Waals surface area contributed by atoms with Gasteiger partial charge in [-0.3, -0.25) is 0 Å². The summed E-state index contributed by atoms with van der Waals surface area (Å²) in [5, 5.41) is 9.14. The Labute approximate surface area is 110 Å². The van der Waals surface area contributed by atoms with E-state index in [1.165, 1.54) is 0 Å². The van der Waals surface area contributed by atoms with Gasteiger partial charge in [0.25, 0.3) is 0 Å². The van der Waals surface area contributed by atoms with E-state index in [0.29, 0.717) is 22.1 Å². The molecular weight excluding hydrogens is 250 g/mol. The molecule has 0 aliphatic heterocycles. The zero-order valence-electron chi connectivity index (χ0n) is 9.68. The molecule has 2 rings (SSSR count). The lowest BCUT2D eigenvalue weighted by atomic mass is 10.2. The van der Waals surface area contributed by atoms with Crippen molar-refractivity contribution < 1.29 is 9.47 Å². The van der Waals surface area contributed by atoms with E-state index in [1.54, 1.807) is 49.6 Å². The molecule has 2 aromatic carbocycles. The lowest BCUT2D eigenvalue weighted by Crippen LogP contribution is -1.87. The number of nitriles is 1. The summed E-state index contributed by atoms with van der Waals surface area (Å²) in [5.74, 6) is 1.93. The molecule has 2 aromatic rings. The smallest absolute Gasteiger partial charge is 0.146 e. The highest BCUT2D eigenvalue weighted by Gasteiger charge is 2.04. The molecule has 0 spiro atoms. The third-order valence-electron chi connectivity index (χ3n) is 2.35. The molecule has 4 heteroatoms. The predicted molar refractivity (Wildman–Crippen MR) is 69.2 cm³/mol. The van der Waals surface area contributed by atoms with Crippen LogP contribution in [0.15, 0.2) is 42.5 Å². The van der Waals surface area contributed by atoms with Crippen LogP contribution in [0.25, 0.3) is 0 Å². The number of benzene rings is 2. The normalized spacial score (nSPS) is 9.61. The third kappa shape index (κ3) is 2.73. The first-order chi connectivity index (χ1) is 8.72. The fraction of sp³-hybridized carbons (Fsp3) is 0.0714. The van der Waals surface area contributed by atoms with Crippen LogP contribution in [0.4, 0.5) is 0 Å². The van der Waals surface area contributed by atoms with Crippen molar-refractivity contribution in [3.8, 4) is 23.3 Å². The van der Waals surface area contributed by atoms with E-state index in [2.05, 4.69) is 0 Å². The van der Waals surface area contributed by atoms with Crippen molar-refractivity contribution in [2.45, 2.75) is 0 Å². The molecule has 0 aliphatic rings. The summed E-state index contributed by atoms with van der Waals surface area (Å²) < 4.78 is 10.7. The van der Waals surface area contributed by atoms with Gasteiger partial charge in [-0.05, 0) is 42.5 Å². The SMILES string of the molecule is COc1ccc(Oc2ccc(C#N)cc2Cl)cc1. The molecule has 90 valence electrons. The van der Waals surface area contributed by atoms with Gasteiger partial charge in [-0.15, -0.1) is 0 Å². The number of nitrogens with zero attached hydrogens (tertiary/aromatic N) is 1. The molecule has 0 aromatic heterocycles. The molecule has 0 amide bonds. The summed E-state index contributed by atoms with van der Waals surface area (Å²) >= 11 is 6.02. The van der Waals surface area contributed by atoms with Crippen LogP contribution in [-0.4, -0.2) is 7.11 Å². The molecule has 0 saturated heterocycles. The van der Waals surface area contributed by atoms with Crippen LogP contribution >= 0.6 is 11.6 Å². The minimum Gasteiger partial charge on any atom is -0.497 e. The number of ether oxygens (including phenoxy) is 2. The van der Waals surface area contributed by atoms with Gasteiger partial charge >= 0.3 is 0 Å². The summed E-state index contributed by atoms with van der Waals surface area (Å²) in [6.45, 7) is 0. The van der Waals surface area contributed by atoms with E-state index in [0.717, 1.165) is 5.75 Å². The molecule has 0 aliphatic carbocycles. The topological polar surface area (TPSA) is 42.2 Å². The molecule has 0 saturated carbocycles. The molecular formula is C14H10ClNO2. The van der Waals surface area contributed by atoms with E-state index in [-0.39, 0.29) is 0 Å². The second-order valence-electron chi connectivity index (χ2n) is 3.53. The highest BCUT2D eigenvalue weighted by atomic mass is 35.5. The van der Waals surface area contributed by atoms with Crippen molar-refractivity contribution in [2.24, 2.45) is 0 Å². The highest BCUT2D eigenvalue weighted by Crippen LogP contribution is 2.30. The maximum absolute atomic E-state index is 8.74. The summed E-state index contributed by atoms with van der Waals surface area (Å²) in [7, 11) is 1.60. The average Bonchev–Trinajstić information content (AvgIpc) is 2.42. The van der Waals surface area contributed by atoms with E-state index < -0.39 is 0 Å². The molecule has 0 bridgehead atoms. The van der Waals surface area contributed by atoms with E-state index >= 15 is 0 Å². The molecule has 0 N–H and O–H groups in total. The molecule has 0 heterocycles. The van der Waals surface area contributed by atoms with Gasteiger partial charge in [0.15, 0.2) is 0 Å². The van der Waals surface area contributed by atoms with Gasteiger partial charge in [0.1, 0.15) is 17.2 Å². The van der Waals surface area contributed by atoms with Crippen LogP contribution in [0, 0.1) is 11.3 Å². The van der Waals surface area contributed by atoms with Crippen LogP contribution in [0.5, 0.6) is 17.2 Å². The Balaban J connectivity index is 2.20. The van der Waals surface area contributed by atoms with Gasteiger partial charge in [0.2, 0.25) is 0 Å². The first kappa shape index (κ1) is 12.3. The Kier molecular flexibility index (Phi) is 3.71. The van der Waals surface area contributed by atoms with Crippen molar-refractivity contribution >= 4 is 11.6 Å². The van der Waals surface area contributed by atoms with Crippen molar-refractivity contribution in [2.75, 3.05) is 7.11 Å². The Morgan fingerprint density at radius 1 is 1.06 bits per heavy atom. The fourth-order valence-corrected chi connectivity index (χ4v) is 1.64. The van der Waals surface area contributed by atoms with Gasteiger partial charge < -0.3 is 9.47 Å². The molecule has 0 fully saturated rings. The molecule has 0 unspecified atom stereocenters. The lowest BCUT2D eigenvalue weighted by molar-refractivity contribution is 0.413. The monoisotopic (exact) mass is 259 g/mol.